The van der Waals surface area contributed by atoms with Gasteiger partial charge in [-0.3, -0.25) is 0 Å². The Hall–Kier alpha value is -2.53. The molecule has 5 nitrogen and oxygen atoms in total. The highest BCUT2D eigenvalue weighted by molar-refractivity contribution is 5.90. The minimum atomic E-state index is -0.215. The molecule has 0 atom stereocenters. The fourth-order valence-electron chi connectivity index (χ4n) is 2.31. The molecule has 0 heterocycles. The van der Waals surface area contributed by atoms with Crippen LogP contribution in [0.5, 0.6) is 5.75 Å². The second-order valence-corrected chi connectivity index (χ2v) is 6.43. The molecule has 2 amide bonds. The number of carbonyl (C=O) groups is 1. The summed E-state index contributed by atoms with van der Waals surface area (Å²) in [5.41, 5.74) is 3.98. The summed E-state index contributed by atoms with van der Waals surface area (Å²) in [4.78, 5) is 14.2. The fraction of sp³-hybridized carbons (Fsp3) is 0.350. The number of hydrogen-bond donors (Lipinski definition) is 2. The quantitative estimate of drug-likeness (QED) is 0.809. The molecule has 0 aromatic heterocycles. The van der Waals surface area contributed by atoms with Crippen molar-refractivity contribution in [1.82, 2.24) is 10.2 Å². The van der Waals surface area contributed by atoms with E-state index in [1.165, 1.54) is 0 Å². The smallest absolute Gasteiger partial charge is 0.319 e. The molecule has 2 aromatic carbocycles. The molecule has 0 unspecified atom stereocenters. The summed E-state index contributed by atoms with van der Waals surface area (Å²) in [6, 6.07) is 13.6. The van der Waals surface area contributed by atoms with Crippen molar-refractivity contribution in [2.24, 2.45) is 0 Å². The van der Waals surface area contributed by atoms with E-state index in [-0.39, 0.29) is 6.03 Å². The Balaban J connectivity index is 1.86. The number of amides is 2. The Morgan fingerprint density at radius 2 is 1.92 bits per heavy atom. The van der Waals surface area contributed by atoms with Crippen molar-refractivity contribution in [2.75, 3.05) is 32.6 Å². The average molecular weight is 341 g/mol. The molecule has 0 saturated heterocycles. The molecular formula is C20H27N3O2. The summed E-state index contributed by atoms with van der Waals surface area (Å²) < 4.78 is 5.72. The monoisotopic (exact) mass is 341 g/mol. The molecule has 0 saturated carbocycles. The summed E-state index contributed by atoms with van der Waals surface area (Å²) in [5.74, 6) is 0.816. The molecule has 0 aliphatic rings. The highest BCUT2D eigenvalue weighted by atomic mass is 16.5. The summed E-state index contributed by atoms with van der Waals surface area (Å²) >= 11 is 0. The zero-order valence-corrected chi connectivity index (χ0v) is 15.4. The van der Waals surface area contributed by atoms with Crippen LogP contribution >= 0.6 is 0 Å². The second-order valence-electron chi connectivity index (χ2n) is 6.43. The van der Waals surface area contributed by atoms with Gasteiger partial charge in [-0.2, -0.15) is 0 Å². The van der Waals surface area contributed by atoms with E-state index in [1.54, 1.807) is 0 Å². The molecule has 25 heavy (non-hydrogen) atoms. The van der Waals surface area contributed by atoms with Crippen LogP contribution in [0.15, 0.2) is 42.5 Å². The molecule has 0 aliphatic carbocycles. The normalized spacial score (nSPS) is 10.6. The Morgan fingerprint density at radius 1 is 1.12 bits per heavy atom. The first-order valence-corrected chi connectivity index (χ1v) is 8.42. The van der Waals surface area contributed by atoms with Gasteiger partial charge in [0.25, 0.3) is 0 Å². The molecule has 2 aromatic rings. The molecule has 0 aliphatic heterocycles. The lowest BCUT2D eigenvalue weighted by Gasteiger charge is -2.13. The van der Waals surface area contributed by atoms with E-state index in [0.29, 0.717) is 13.2 Å². The van der Waals surface area contributed by atoms with Crippen LogP contribution in [-0.2, 0) is 6.54 Å². The van der Waals surface area contributed by atoms with Crippen LogP contribution in [0.4, 0.5) is 10.5 Å². The maximum absolute atomic E-state index is 12.1. The summed E-state index contributed by atoms with van der Waals surface area (Å²) in [6.45, 7) is 5.92. The number of nitrogens with zero attached hydrogens (tertiary/aromatic N) is 1. The summed E-state index contributed by atoms with van der Waals surface area (Å²) in [7, 11) is 4.02. The molecule has 134 valence electrons. The number of aryl methyl sites for hydroxylation is 2. The lowest BCUT2D eigenvalue weighted by molar-refractivity contribution is 0.251. The number of ether oxygens (including phenoxy) is 1. The number of anilines is 1. The maximum atomic E-state index is 12.1. The number of hydrogen-bond acceptors (Lipinski definition) is 3. The van der Waals surface area contributed by atoms with Gasteiger partial charge in [-0.05, 0) is 62.8 Å². The van der Waals surface area contributed by atoms with Gasteiger partial charge in [0.05, 0.1) is 0 Å². The van der Waals surface area contributed by atoms with Crippen LogP contribution < -0.4 is 15.4 Å². The third-order valence-corrected chi connectivity index (χ3v) is 3.80. The highest BCUT2D eigenvalue weighted by Gasteiger charge is 2.05. The van der Waals surface area contributed by atoms with E-state index in [4.69, 9.17) is 4.74 Å². The fourth-order valence-corrected chi connectivity index (χ4v) is 2.31. The van der Waals surface area contributed by atoms with Crippen LogP contribution in [0, 0.1) is 13.8 Å². The molecule has 5 heteroatoms. The zero-order chi connectivity index (χ0) is 18.2. The average Bonchev–Trinajstić information content (AvgIpc) is 2.56. The van der Waals surface area contributed by atoms with Crippen LogP contribution in [-0.4, -0.2) is 38.2 Å². The Labute approximate surface area is 150 Å². The van der Waals surface area contributed by atoms with Crippen LogP contribution in [0.3, 0.4) is 0 Å². The number of urea groups is 1. The number of nitrogens with one attached hydrogen (secondary N) is 2. The highest BCUT2D eigenvalue weighted by Crippen LogP contribution is 2.16. The maximum Gasteiger partial charge on any atom is 0.319 e. The van der Waals surface area contributed by atoms with Crippen molar-refractivity contribution in [3.8, 4) is 5.75 Å². The largest absolute Gasteiger partial charge is 0.492 e. The third-order valence-electron chi connectivity index (χ3n) is 3.80. The van der Waals surface area contributed by atoms with E-state index < -0.39 is 0 Å². The van der Waals surface area contributed by atoms with E-state index in [1.807, 2.05) is 70.4 Å². The van der Waals surface area contributed by atoms with Crippen molar-refractivity contribution < 1.29 is 9.53 Å². The zero-order valence-electron chi connectivity index (χ0n) is 15.4. The van der Waals surface area contributed by atoms with Crippen molar-refractivity contribution >= 4 is 11.7 Å². The number of benzene rings is 2. The molecule has 0 radical (unpaired) electrons. The molecule has 0 spiro atoms. The van der Waals surface area contributed by atoms with Crippen LogP contribution in [0.1, 0.15) is 16.7 Å². The van der Waals surface area contributed by atoms with Gasteiger partial charge >= 0.3 is 6.03 Å². The Kier molecular flexibility index (Phi) is 6.83. The van der Waals surface area contributed by atoms with Gasteiger partial charge in [-0.15, -0.1) is 0 Å². The van der Waals surface area contributed by atoms with Gasteiger partial charge in [0.15, 0.2) is 0 Å². The number of likely N-dealkylation sites (N-methyl/N-ethyl adjacent to an activating group) is 1. The van der Waals surface area contributed by atoms with Crippen molar-refractivity contribution in [3.63, 3.8) is 0 Å². The van der Waals surface area contributed by atoms with Gasteiger partial charge in [-0.25, -0.2) is 4.79 Å². The van der Waals surface area contributed by atoms with E-state index >= 15 is 0 Å². The molecule has 0 bridgehead atoms. The predicted molar refractivity (Wildman–Crippen MR) is 102 cm³/mol. The molecule has 0 fully saturated rings. The molecule has 2 rings (SSSR count). The standard InChI is InChI=1S/C20H27N3O2/c1-15-8-9-16(2)19(12-15)22-20(24)21-14-17-6-5-7-18(13-17)25-11-10-23(3)4/h5-9,12-13H,10-11,14H2,1-4H3,(H2,21,22,24). The van der Waals surface area contributed by atoms with Crippen LogP contribution in [0.25, 0.3) is 0 Å². The van der Waals surface area contributed by atoms with Crippen molar-refractivity contribution in [3.05, 3.63) is 59.2 Å². The minimum Gasteiger partial charge on any atom is -0.492 e. The summed E-state index contributed by atoms with van der Waals surface area (Å²) in [5, 5.41) is 5.78. The third kappa shape index (κ3) is 6.47. The SMILES string of the molecule is Cc1ccc(C)c(NC(=O)NCc2cccc(OCCN(C)C)c2)c1. The Bertz CT molecular complexity index is 714. The first-order valence-electron chi connectivity index (χ1n) is 8.42. The number of carbonyl (C=O) groups excluding carboxylic acids is 1. The van der Waals surface area contributed by atoms with E-state index in [9.17, 15) is 4.79 Å². The first kappa shape index (κ1) is 18.8. The minimum absolute atomic E-state index is 0.215. The van der Waals surface area contributed by atoms with E-state index in [2.05, 4.69) is 15.5 Å². The second kappa shape index (κ2) is 9.08. The topological polar surface area (TPSA) is 53.6 Å². The van der Waals surface area contributed by atoms with Crippen molar-refractivity contribution in [1.29, 1.82) is 0 Å². The lowest BCUT2D eigenvalue weighted by Crippen LogP contribution is -2.28. The molecular weight excluding hydrogens is 314 g/mol. The lowest BCUT2D eigenvalue weighted by atomic mass is 10.1. The van der Waals surface area contributed by atoms with Gasteiger partial charge in [0.2, 0.25) is 0 Å². The van der Waals surface area contributed by atoms with Gasteiger partial charge in [0.1, 0.15) is 12.4 Å². The molecule has 2 N–H and O–H groups in total. The summed E-state index contributed by atoms with van der Waals surface area (Å²) in [6.07, 6.45) is 0. The first-order chi connectivity index (χ1) is 11.9. The van der Waals surface area contributed by atoms with Crippen LogP contribution in [0.2, 0.25) is 0 Å². The van der Waals surface area contributed by atoms with Gasteiger partial charge in [-0.1, -0.05) is 24.3 Å². The van der Waals surface area contributed by atoms with Crippen molar-refractivity contribution in [2.45, 2.75) is 20.4 Å². The predicted octanol–water partition coefficient (Wildman–Crippen LogP) is 3.57. The van der Waals surface area contributed by atoms with Gasteiger partial charge in [0, 0.05) is 18.8 Å². The van der Waals surface area contributed by atoms with E-state index in [0.717, 1.165) is 34.7 Å². The number of rotatable bonds is 7. The Morgan fingerprint density at radius 3 is 2.68 bits per heavy atom. The van der Waals surface area contributed by atoms with Gasteiger partial charge < -0.3 is 20.3 Å².